The Morgan fingerprint density at radius 3 is 3.10 bits per heavy atom. The molecular weight excluding hydrogens is 252 g/mol. The molecule has 1 fully saturated rings. The first kappa shape index (κ1) is 13.1. The van der Waals surface area contributed by atoms with Gasteiger partial charge in [-0.25, -0.2) is 4.98 Å². The van der Waals surface area contributed by atoms with E-state index in [-0.39, 0.29) is 11.8 Å². The second-order valence-corrected chi connectivity index (χ2v) is 5.28. The number of benzene rings is 1. The standard InChI is InChI=1S/C15H20N4O/c20-15(11-4-3-8-16-10-11)17-9-7-14-18-12-5-1-2-6-13(12)19-14/h1-2,5-6,11,16H,3-4,7-10H2,(H,17,20)(H,18,19). The molecular formula is C15H20N4O. The van der Waals surface area contributed by atoms with Crippen molar-refractivity contribution in [2.45, 2.75) is 19.3 Å². The van der Waals surface area contributed by atoms with Crippen LogP contribution in [0.5, 0.6) is 0 Å². The predicted molar refractivity (Wildman–Crippen MR) is 78.4 cm³/mol. The summed E-state index contributed by atoms with van der Waals surface area (Å²) in [5.74, 6) is 1.21. The summed E-state index contributed by atoms with van der Waals surface area (Å²) in [6.07, 6.45) is 2.81. The summed E-state index contributed by atoms with van der Waals surface area (Å²) >= 11 is 0. The minimum Gasteiger partial charge on any atom is -0.355 e. The number of para-hydroxylation sites is 2. The Labute approximate surface area is 118 Å². The van der Waals surface area contributed by atoms with Gasteiger partial charge in [0.2, 0.25) is 5.91 Å². The highest BCUT2D eigenvalue weighted by molar-refractivity contribution is 5.79. The van der Waals surface area contributed by atoms with E-state index in [1.165, 1.54) is 0 Å². The molecule has 5 heteroatoms. The molecule has 5 nitrogen and oxygen atoms in total. The number of nitrogens with zero attached hydrogens (tertiary/aromatic N) is 1. The number of imidazole rings is 1. The van der Waals surface area contributed by atoms with Crippen LogP contribution in [0.15, 0.2) is 24.3 Å². The average molecular weight is 272 g/mol. The fraction of sp³-hybridized carbons (Fsp3) is 0.467. The minimum absolute atomic E-state index is 0.124. The van der Waals surface area contributed by atoms with E-state index < -0.39 is 0 Å². The zero-order chi connectivity index (χ0) is 13.8. The second-order valence-electron chi connectivity index (χ2n) is 5.28. The molecule has 0 spiro atoms. The van der Waals surface area contributed by atoms with Gasteiger partial charge >= 0.3 is 0 Å². The lowest BCUT2D eigenvalue weighted by molar-refractivity contribution is -0.125. The van der Waals surface area contributed by atoms with Crippen LogP contribution in [0.4, 0.5) is 0 Å². The van der Waals surface area contributed by atoms with Crippen molar-refractivity contribution >= 4 is 16.9 Å². The van der Waals surface area contributed by atoms with Crippen LogP contribution in [0, 0.1) is 5.92 Å². The molecule has 0 aliphatic carbocycles. The molecule has 1 aliphatic heterocycles. The Balaban J connectivity index is 1.50. The van der Waals surface area contributed by atoms with Gasteiger partial charge in [0.25, 0.3) is 0 Å². The zero-order valence-electron chi connectivity index (χ0n) is 11.5. The third kappa shape index (κ3) is 2.99. The molecule has 106 valence electrons. The number of aromatic nitrogens is 2. The predicted octanol–water partition coefficient (Wildman–Crippen LogP) is 1.22. The molecule has 1 atom stereocenters. The van der Waals surface area contributed by atoms with E-state index in [0.717, 1.165) is 49.2 Å². The monoisotopic (exact) mass is 272 g/mol. The second kappa shape index (κ2) is 6.05. The van der Waals surface area contributed by atoms with Gasteiger partial charge in [0, 0.05) is 19.5 Å². The van der Waals surface area contributed by atoms with Crippen molar-refractivity contribution < 1.29 is 4.79 Å². The molecule has 1 unspecified atom stereocenters. The summed E-state index contributed by atoms with van der Waals surface area (Å²) < 4.78 is 0. The molecule has 1 amide bonds. The molecule has 3 rings (SSSR count). The molecule has 1 aromatic heterocycles. The minimum atomic E-state index is 0.124. The third-order valence-corrected chi connectivity index (χ3v) is 3.77. The van der Waals surface area contributed by atoms with Crippen molar-refractivity contribution in [3.63, 3.8) is 0 Å². The van der Waals surface area contributed by atoms with Crippen molar-refractivity contribution in [3.05, 3.63) is 30.1 Å². The largest absolute Gasteiger partial charge is 0.355 e. The summed E-state index contributed by atoms with van der Waals surface area (Å²) in [6.45, 7) is 2.47. The smallest absolute Gasteiger partial charge is 0.224 e. The van der Waals surface area contributed by atoms with E-state index >= 15 is 0 Å². The maximum absolute atomic E-state index is 12.0. The van der Waals surface area contributed by atoms with Crippen molar-refractivity contribution in [1.29, 1.82) is 0 Å². The summed E-state index contributed by atoms with van der Waals surface area (Å²) in [5, 5.41) is 6.27. The van der Waals surface area contributed by atoms with Crippen LogP contribution in [-0.4, -0.2) is 35.5 Å². The molecule has 2 heterocycles. The number of carbonyl (C=O) groups is 1. The molecule has 3 N–H and O–H groups in total. The van der Waals surface area contributed by atoms with Crippen LogP contribution in [-0.2, 0) is 11.2 Å². The van der Waals surface area contributed by atoms with Gasteiger partial charge in [-0.15, -0.1) is 0 Å². The molecule has 2 aromatic rings. The fourth-order valence-corrected chi connectivity index (χ4v) is 2.65. The number of piperidine rings is 1. The maximum Gasteiger partial charge on any atom is 0.224 e. The molecule has 20 heavy (non-hydrogen) atoms. The normalized spacial score (nSPS) is 19.1. The third-order valence-electron chi connectivity index (χ3n) is 3.77. The quantitative estimate of drug-likeness (QED) is 0.784. The summed E-state index contributed by atoms with van der Waals surface area (Å²) in [4.78, 5) is 19.8. The molecule has 0 radical (unpaired) electrons. The van der Waals surface area contributed by atoms with Crippen molar-refractivity contribution in [2.24, 2.45) is 5.92 Å². The van der Waals surface area contributed by atoms with Crippen molar-refractivity contribution in [2.75, 3.05) is 19.6 Å². The van der Waals surface area contributed by atoms with Crippen LogP contribution in [0.3, 0.4) is 0 Å². The van der Waals surface area contributed by atoms with E-state index in [0.29, 0.717) is 6.54 Å². The number of fused-ring (bicyclic) bond motifs is 1. The van der Waals surface area contributed by atoms with E-state index in [1.807, 2.05) is 24.3 Å². The van der Waals surface area contributed by atoms with Crippen LogP contribution in [0.25, 0.3) is 11.0 Å². The van der Waals surface area contributed by atoms with Gasteiger partial charge in [0.15, 0.2) is 0 Å². The summed E-state index contributed by atoms with van der Waals surface area (Å²) in [7, 11) is 0. The van der Waals surface area contributed by atoms with E-state index in [1.54, 1.807) is 0 Å². The lowest BCUT2D eigenvalue weighted by atomic mass is 9.99. The van der Waals surface area contributed by atoms with E-state index in [4.69, 9.17) is 0 Å². The Morgan fingerprint density at radius 2 is 2.30 bits per heavy atom. The van der Waals surface area contributed by atoms with Gasteiger partial charge in [0.1, 0.15) is 5.82 Å². The highest BCUT2D eigenvalue weighted by Crippen LogP contribution is 2.11. The van der Waals surface area contributed by atoms with Crippen LogP contribution < -0.4 is 10.6 Å². The Kier molecular flexibility index (Phi) is 3.97. The topological polar surface area (TPSA) is 69.8 Å². The maximum atomic E-state index is 12.0. The number of nitrogens with one attached hydrogen (secondary N) is 3. The van der Waals surface area contributed by atoms with Gasteiger partial charge in [0.05, 0.1) is 17.0 Å². The first-order valence-corrected chi connectivity index (χ1v) is 7.25. The van der Waals surface area contributed by atoms with E-state index in [9.17, 15) is 4.79 Å². The van der Waals surface area contributed by atoms with Gasteiger partial charge in [-0.2, -0.15) is 0 Å². The number of rotatable bonds is 4. The van der Waals surface area contributed by atoms with Gasteiger partial charge in [-0.05, 0) is 31.5 Å². The number of carbonyl (C=O) groups excluding carboxylic acids is 1. The number of amides is 1. The van der Waals surface area contributed by atoms with Gasteiger partial charge in [-0.3, -0.25) is 4.79 Å². The number of aromatic amines is 1. The Hall–Kier alpha value is -1.88. The summed E-state index contributed by atoms with van der Waals surface area (Å²) in [5.41, 5.74) is 2.02. The van der Waals surface area contributed by atoms with Crippen molar-refractivity contribution in [3.8, 4) is 0 Å². The van der Waals surface area contributed by atoms with Gasteiger partial charge < -0.3 is 15.6 Å². The first-order valence-electron chi connectivity index (χ1n) is 7.25. The first-order chi connectivity index (χ1) is 9.83. The zero-order valence-corrected chi connectivity index (χ0v) is 11.5. The Morgan fingerprint density at radius 1 is 1.40 bits per heavy atom. The van der Waals surface area contributed by atoms with E-state index in [2.05, 4.69) is 20.6 Å². The average Bonchev–Trinajstić information content (AvgIpc) is 2.90. The Bertz CT molecular complexity index is 553. The fourth-order valence-electron chi connectivity index (χ4n) is 2.65. The SMILES string of the molecule is O=C(NCCc1nc2ccccc2[nH]1)C1CCCNC1. The van der Waals surface area contributed by atoms with Crippen LogP contribution in [0.1, 0.15) is 18.7 Å². The number of hydrogen-bond acceptors (Lipinski definition) is 3. The number of hydrogen-bond donors (Lipinski definition) is 3. The lowest BCUT2D eigenvalue weighted by Gasteiger charge is -2.21. The molecule has 0 saturated carbocycles. The van der Waals surface area contributed by atoms with Gasteiger partial charge in [-0.1, -0.05) is 12.1 Å². The number of H-pyrrole nitrogens is 1. The van der Waals surface area contributed by atoms with Crippen LogP contribution >= 0.6 is 0 Å². The molecule has 1 aliphatic rings. The highest BCUT2D eigenvalue weighted by Gasteiger charge is 2.20. The molecule has 1 saturated heterocycles. The highest BCUT2D eigenvalue weighted by atomic mass is 16.1. The van der Waals surface area contributed by atoms with Crippen molar-refractivity contribution in [1.82, 2.24) is 20.6 Å². The lowest BCUT2D eigenvalue weighted by Crippen LogP contribution is -2.41. The summed E-state index contributed by atoms with van der Waals surface area (Å²) in [6, 6.07) is 7.96. The van der Waals surface area contributed by atoms with Crippen LogP contribution in [0.2, 0.25) is 0 Å². The molecule has 0 bridgehead atoms. The molecule has 1 aromatic carbocycles.